The van der Waals surface area contributed by atoms with E-state index in [0.29, 0.717) is 12.1 Å². The molecule has 10 heavy (non-hydrogen) atoms. The van der Waals surface area contributed by atoms with Gasteiger partial charge in [0.05, 0.1) is 6.10 Å². The van der Waals surface area contributed by atoms with Crippen LogP contribution in [0.3, 0.4) is 0 Å². The minimum atomic E-state index is 0.326. The maximum absolute atomic E-state index is 5.89. The maximum Gasteiger partial charge on any atom is 0.0726 e. The molecule has 2 heterocycles. The Bertz CT molecular complexity index is 118. The lowest BCUT2D eigenvalue weighted by atomic mass is 10.00. The maximum atomic E-state index is 5.89. The molecular weight excluding hydrogens is 126 g/mol. The Labute approximate surface area is 61.7 Å². The van der Waals surface area contributed by atoms with Gasteiger partial charge in [-0.25, -0.2) is 0 Å². The third-order valence-corrected chi connectivity index (χ3v) is 2.79. The highest BCUT2D eigenvalue weighted by molar-refractivity contribution is 4.84. The average molecular weight is 141 g/mol. The zero-order valence-corrected chi connectivity index (χ0v) is 6.25. The second-order valence-electron chi connectivity index (χ2n) is 3.56. The van der Waals surface area contributed by atoms with Crippen LogP contribution in [0.1, 0.15) is 25.7 Å². The molecule has 3 unspecified atom stereocenters. The number of hydrogen-bond acceptors (Lipinski definition) is 2. The Morgan fingerprint density at radius 2 is 1.90 bits per heavy atom. The minimum absolute atomic E-state index is 0.326. The first-order chi connectivity index (χ1) is 4.86. The summed E-state index contributed by atoms with van der Waals surface area (Å²) in [5.74, 6) is 0.824. The number of nitrogens with two attached hydrogens (primary N) is 1. The summed E-state index contributed by atoms with van der Waals surface area (Å²) >= 11 is 0. The molecule has 0 aromatic heterocycles. The quantitative estimate of drug-likeness (QED) is 0.544. The first-order valence-electron chi connectivity index (χ1n) is 4.23. The minimum Gasteiger partial charge on any atom is -0.376 e. The molecule has 2 saturated heterocycles. The predicted molar refractivity (Wildman–Crippen MR) is 39.7 cm³/mol. The first-order valence-corrected chi connectivity index (χ1v) is 4.23. The van der Waals surface area contributed by atoms with Crippen LogP contribution < -0.4 is 5.73 Å². The number of rotatable bonds is 0. The van der Waals surface area contributed by atoms with Crippen molar-refractivity contribution in [2.75, 3.05) is 6.61 Å². The van der Waals surface area contributed by atoms with Crippen LogP contribution in [0.2, 0.25) is 0 Å². The normalized spacial score (nSPS) is 47.1. The highest BCUT2D eigenvalue weighted by Crippen LogP contribution is 2.30. The molecule has 0 aromatic carbocycles. The van der Waals surface area contributed by atoms with E-state index >= 15 is 0 Å². The van der Waals surface area contributed by atoms with Gasteiger partial charge in [0.15, 0.2) is 0 Å². The van der Waals surface area contributed by atoms with E-state index in [4.69, 9.17) is 10.5 Å². The molecule has 0 radical (unpaired) electrons. The summed E-state index contributed by atoms with van der Waals surface area (Å²) in [6.07, 6.45) is 5.40. The molecular formula is C8H15NO. The third kappa shape index (κ3) is 1.06. The van der Waals surface area contributed by atoms with Gasteiger partial charge >= 0.3 is 0 Å². The van der Waals surface area contributed by atoms with Gasteiger partial charge in [-0.1, -0.05) is 0 Å². The summed E-state index contributed by atoms with van der Waals surface area (Å²) < 4.78 is 5.59. The van der Waals surface area contributed by atoms with Crippen LogP contribution in [0, 0.1) is 5.92 Å². The van der Waals surface area contributed by atoms with E-state index in [2.05, 4.69) is 0 Å². The van der Waals surface area contributed by atoms with Gasteiger partial charge in [0, 0.05) is 12.6 Å². The molecule has 2 bridgehead atoms. The Hall–Kier alpha value is -0.0800. The summed E-state index contributed by atoms with van der Waals surface area (Å²) in [5.41, 5.74) is 5.89. The van der Waals surface area contributed by atoms with E-state index in [1.807, 2.05) is 0 Å². The highest BCUT2D eigenvalue weighted by atomic mass is 16.5. The van der Waals surface area contributed by atoms with E-state index in [9.17, 15) is 0 Å². The first kappa shape index (κ1) is 6.62. The highest BCUT2D eigenvalue weighted by Gasteiger charge is 2.30. The van der Waals surface area contributed by atoms with Crippen molar-refractivity contribution in [3.05, 3.63) is 0 Å². The zero-order chi connectivity index (χ0) is 6.97. The van der Waals surface area contributed by atoms with Crippen LogP contribution in [-0.4, -0.2) is 18.8 Å². The molecule has 2 heteroatoms. The van der Waals surface area contributed by atoms with E-state index in [1.54, 1.807) is 0 Å². The molecule has 3 rings (SSSR count). The molecule has 3 fully saturated rings. The molecule has 1 saturated carbocycles. The molecule has 58 valence electrons. The van der Waals surface area contributed by atoms with Crippen LogP contribution in [0.5, 0.6) is 0 Å². The van der Waals surface area contributed by atoms with E-state index in [-0.39, 0.29) is 0 Å². The smallest absolute Gasteiger partial charge is 0.0726 e. The zero-order valence-electron chi connectivity index (χ0n) is 6.25. The van der Waals surface area contributed by atoms with Crippen LogP contribution in [0.15, 0.2) is 0 Å². The number of fused-ring (bicyclic) bond motifs is 4. The lowest BCUT2D eigenvalue weighted by molar-refractivity contribution is -0.00914. The van der Waals surface area contributed by atoms with E-state index < -0.39 is 0 Å². The Kier molecular flexibility index (Phi) is 1.66. The molecule has 3 atom stereocenters. The van der Waals surface area contributed by atoms with Crippen molar-refractivity contribution >= 4 is 0 Å². The lowest BCUT2D eigenvalue weighted by Crippen LogP contribution is -2.36. The van der Waals surface area contributed by atoms with Crippen molar-refractivity contribution in [1.82, 2.24) is 0 Å². The second kappa shape index (κ2) is 2.51. The van der Waals surface area contributed by atoms with Crippen molar-refractivity contribution in [1.29, 1.82) is 0 Å². The summed E-state index contributed by atoms with van der Waals surface area (Å²) in [4.78, 5) is 0. The van der Waals surface area contributed by atoms with Gasteiger partial charge in [0.25, 0.3) is 0 Å². The fourth-order valence-corrected chi connectivity index (χ4v) is 2.01. The Morgan fingerprint density at radius 3 is 2.60 bits per heavy atom. The lowest BCUT2D eigenvalue weighted by Gasteiger charge is -2.25. The van der Waals surface area contributed by atoms with Crippen LogP contribution >= 0.6 is 0 Å². The van der Waals surface area contributed by atoms with Crippen LogP contribution in [0.25, 0.3) is 0 Å². The van der Waals surface area contributed by atoms with Crippen molar-refractivity contribution < 1.29 is 4.74 Å². The second-order valence-corrected chi connectivity index (χ2v) is 3.56. The van der Waals surface area contributed by atoms with Gasteiger partial charge < -0.3 is 10.5 Å². The molecule has 2 aliphatic heterocycles. The summed E-state index contributed by atoms with van der Waals surface area (Å²) in [6.45, 7) is 0.971. The van der Waals surface area contributed by atoms with E-state index in [1.165, 1.54) is 25.7 Å². The largest absolute Gasteiger partial charge is 0.376 e. The third-order valence-electron chi connectivity index (χ3n) is 2.79. The predicted octanol–water partition coefficient (Wildman–Crippen LogP) is 0.903. The van der Waals surface area contributed by atoms with Gasteiger partial charge in [-0.3, -0.25) is 0 Å². The van der Waals surface area contributed by atoms with Crippen LogP contribution in [0.4, 0.5) is 0 Å². The van der Waals surface area contributed by atoms with Gasteiger partial charge in [-0.05, 0) is 31.6 Å². The van der Waals surface area contributed by atoms with Crippen molar-refractivity contribution in [3.8, 4) is 0 Å². The molecule has 1 aliphatic carbocycles. The molecule has 0 spiro atoms. The molecule has 0 amide bonds. The fraction of sp³-hybridized carbons (Fsp3) is 1.00. The van der Waals surface area contributed by atoms with Gasteiger partial charge in [-0.2, -0.15) is 0 Å². The topological polar surface area (TPSA) is 35.2 Å². The van der Waals surface area contributed by atoms with Gasteiger partial charge in [0.1, 0.15) is 0 Å². The monoisotopic (exact) mass is 141 g/mol. The summed E-state index contributed by atoms with van der Waals surface area (Å²) in [7, 11) is 0. The van der Waals surface area contributed by atoms with Crippen molar-refractivity contribution in [3.63, 3.8) is 0 Å². The molecule has 3 aliphatic rings. The fourth-order valence-electron chi connectivity index (χ4n) is 2.01. The van der Waals surface area contributed by atoms with Crippen LogP contribution in [-0.2, 0) is 4.74 Å². The number of ether oxygens (including phenoxy) is 1. The average Bonchev–Trinajstić information content (AvgIpc) is 2.24. The Morgan fingerprint density at radius 1 is 1.10 bits per heavy atom. The summed E-state index contributed by atoms with van der Waals surface area (Å²) in [5, 5.41) is 0. The van der Waals surface area contributed by atoms with Gasteiger partial charge in [0.2, 0.25) is 0 Å². The molecule has 0 aromatic rings. The standard InChI is InChI=1S/C8H15NO/c9-7-3-1-6-2-4-8(7)10-5-6/h6-8H,1-5,9H2. The van der Waals surface area contributed by atoms with E-state index in [0.717, 1.165) is 12.5 Å². The van der Waals surface area contributed by atoms with Crippen molar-refractivity contribution in [2.24, 2.45) is 11.7 Å². The Balaban J connectivity index is 2.07. The SMILES string of the molecule is NC1CCC2CCC1OC2. The number of hydrogen-bond donors (Lipinski definition) is 1. The molecule has 2 nitrogen and oxygen atoms in total. The molecule has 2 N–H and O–H groups in total. The van der Waals surface area contributed by atoms with Crippen molar-refractivity contribution in [2.45, 2.75) is 37.8 Å². The van der Waals surface area contributed by atoms with Gasteiger partial charge in [-0.15, -0.1) is 0 Å². The summed E-state index contributed by atoms with van der Waals surface area (Å²) in [6, 6.07) is 0.326.